The van der Waals surface area contributed by atoms with Crippen molar-refractivity contribution in [1.82, 2.24) is 0 Å². The van der Waals surface area contributed by atoms with Gasteiger partial charge in [0.25, 0.3) is 0 Å². The minimum atomic E-state index is -1.77. The van der Waals surface area contributed by atoms with Gasteiger partial charge in [0.15, 0.2) is 0 Å². The van der Waals surface area contributed by atoms with Crippen LogP contribution in [0.5, 0.6) is 5.75 Å². The molecule has 1 aliphatic heterocycles. The van der Waals surface area contributed by atoms with Gasteiger partial charge in [0, 0.05) is 6.08 Å². The van der Waals surface area contributed by atoms with E-state index in [1.165, 1.54) is 24.3 Å². The Balaban J connectivity index is 1.64. The SMILES string of the molecule is O=C(C=Cc1ccc(O)cc1)OCC1OC(OC(=Cc2ccccc2)C(=O)O)C(O)C(O)C1O. The molecule has 2 aromatic carbocycles. The van der Waals surface area contributed by atoms with E-state index in [0.717, 1.165) is 6.08 Å². The number of aliphatic carboxylic acids is 1. The summed E-state index contributed by atoms with van der Waals surface area (Å²) in [6, 6.07) is 14.5. The van der Waals surface area contributed by atoms with Gasteiger partial charge in [-0.3, -0.25) is 0 Å². The molecule has 34 heavy (non-hydrogen) atoms. The molecule has 1 fully saturated rings. The maximum absolute atomic E-state index is 12.0. The number of hydrogen-bond acceptors (Lipinski definition) is 9. The Kier molecular flexibility index (Phi) is 8.39. The van der Waals surface area contributed by atoms with E-state index in [4.69, 9.17) is 14.2 Å². The predicted octanol–water partition coefficient (Wildman–Crippen LogP) is 0.898. The zero-order chi connectivity index (χ0) is 24.7. The van der Waals surface area contributed by atoms with Crippen LogP contribution in [-0.4, -0.2) is 74.8 Å². The number of benzene rings is 2. The van der Waals surface area contributed by atoms with Gasteiger partial charge in [-0.1, -0.05) is 42.5 Å². The van der Waals surface area contributed by atoms with Gasteiger partial charge in [-0.25, -0.2) is 9.59 Å². The van der Waals surface area contributed by atoms with Crippen LogP contribution >= 0.6 is 0 Å². The smallest absolute Gasteiger partial charge is 0.371 e. The Labute approximate surface area is 194 Å². The Morgan fingerprint density at radius 3 is 2.24 bits per heavy atom. The molecule has 0 amide bonds. The summed E-state index contributed by atoms with van der Waals surface area (Å²) < 4.78 is 15.7. The molecule has 10 heteroatoms. The van der Waals surface area contributed by atoms with Crippen LogP contribution in [0.25, 0.3) is 12.2 Å². The topological polar surface area (TPSA) is 163 Å². The average Bonchev–Trinajstić information content (AvgIpc) is 2.83. The lowest BCUT2D eigenvalue weighted by molar-refractivity contribution is -0.291. The summed E-state index contributed by atoms with van der Waals surface area (Å²) in [5.41, 5.74) is 1.14. The first-order chi connectivity index (χ1) is 16.2. The highest BCUT2D eigenvalue weighted by Gasteiger charge is 2.46. The fourth-order valence-corrected chi connectivity index (χ4v) is 3.09. The van der Waals surface area contributed by atoms with Gasteiger partial charge < -0.3 is 39.7 Å². The molecule has 2 aromatic rings. The van der Waals surface area contributed by atoms with Crippen molar-refractivity contribution < 1.29 is 49.3 Å². The van der Waals surface area contributed by atoms with Crippen LogP contribution in [0.1, 0.15) is 11.1 Å². The van der Waals surface area contributed by atoms with E-state index in [1.807, 2.05) is 0 Å². The summed E-state index contributed by atoms with van der Waals surface area (Å²) in [4.78, 5) is 23.6. The second kappa shape index (κ2) is 11.4. The number of carbonyl (C=O) groups excluding carboxylic acids is 1. The predicted molar refractivity (Wildman–Crippen MR) is 118 cm³/mol. The van der Waals surface area contributed by atoms with Gasteiger partial charge in [-0.15, -0.1) is 0 Å². The Morgan fingerprint density at radius 2 is 1.59 bits per heavy atom. The molecular formula is C24H24O10. The molecule has 5 atom stereocenters. The van der Waals surface area contributed by atoms with Crippen molar-refractivity contribution in [3.63, 3.8) is 0 Å². The van der Waals surface area contributed by atoms with Gasteiger partial charge in [0.05, 0.1) is 0 Å². The minimum absolute atomic E-state index is 0.0744. The summed E-state index contributed by atoms with van der Waals surface area (Å²) in [5.74, 6) is -2.71. The number of ether oxygens (including phenoxy) is 3. The van der Waals surface area contributed by atoms with Crippen molar-refractivity contribution >= 4 is 24.1 Å². The molecule has 0 bridgehead atoms. The molecule has 1 heterocycles. The fourth-order valence-electron chi connectivity index (χ4n) is 3.09. The molecule has 1 aliphatic rings. The molecule has 0 saturated carbocycles. The van der Waals surface area contributed by atoms with Gasteiger partial charge in [0.1, 0.15) is 36.8 Å². The maximum Gasteiger partial charge on any atom is 0.371 e. The van der Waals surface area contributed by atoms with Crippen molar-refractivity contribution in [3.8, 4) is 5.75 Å². The molecule has 5 unspecified atom stereocenters. The lowest BCUT2D eigenvalue weighted by Crippen LogP contribution is -2.59. The number of phenols is 1. The Morgan fingerprint density at radius 1 is 0.912 bits per heavy atom. The molecular weight excluding hydrogens is 448 g/mol. The highest BCUT2D eigenvalue weighted by atomic mass is 16.7. The zero-order valence-corrected chi connectivity index (χ0v) is 17.8. The first-order valence-corrected chi connectivity index (χ1v) is 10.2. The molecule has 3 rings (SSSR count). The molecule has 10 nitrogen and oxygen atoms in total. The molecule has 0 aliphatic carbocycles. The number of aromatic hydroxyl groups is 1. The van der Waals surface area contributed by atoms with Gasteiger partial charge in [0.2, 0.25) is 12.0 Å². The maximum atomic E-state index is 12.0. The van der Waals surface area contributed by atoms with Crippen LogP contribution in [0, 0.1) is 0 Å². The van der Waals surface area contributed by atoms with Crippen molar-refractivity contribution in [2.75, 3.05) is 6.61 Å². The molecule has 0 radical (unpaired) electrons. The monoisotopic (exact) mass is 472 g/mol. The summed E-state index contributed by atoms with van der Waals surface area (Å²) in [6.07, 6.45) is -4.34. The zero-order valence-electron chi connectivity index (χ0n) is 17.8. The largest absolute Gasteiger partial charge is 0.508 e. The normalized spacial score (nSPS) is 25.1. The second-order valence-electron chi connectivity index (χ2n) is 7.41. The summed E-state index contributed by atoms with van der Waals surface area (Å²) in [7, 11) is 0. The molecule has 1 saturated heterocycles. The lowest BCUT2D eigenvalue weighted by Gasteiger charge is -2.39. The van der Waals surface area contributed by atoms with Crippen LogP contribution in [0.3, 0.4) is 0 Å². The lowest BCUT2D eigenvalue weighted by atomic mass is 9.99. The number of carboxylic acid groups (broad SMARTS) is 1. The number of carboxylic acids is 1. The summed E-state index contributed by atoms with van der Waals surface area (Å²) >= 11 is 0. The number of esters is 1. The quantitative estimate of drug-likeness (QED) is 0.212. The summed E-state index contributed by atoms with van der Waals surface area (Å²) in [6.45, 7) is -0.506. The van der Waals surface area contributed by atoms with E-state index in [2.05, 4.69) is 0 Å². The number of rotatable bonds is 8. The van der Waals surface area contributed by atoms with Gasteiger partial charge >= 0.3 is 11.9 Å². The van der Waals surface area contributed by atoms with E-state index in [-0.39, 0.29) is 5.75 Å². The first-order valence-electron chi connectivity index (χ1n) is 10.2. The Hall–Kier alpha value is -3.70. The third kappa shape index (κ3) is 6.65. The van der Waals surface area contributed by atoms with E-state index in [9.17, 15) is 35.1 Å². The molecule has 0 spiro atoms. The standard InChI is InChI=1S/C24H24O10/c25-16-9-6-14(7-10-16)8-11-19(26)32-13-18-20(27)21(28)22(29)24(34-18)33-17(23(30)31)12-15-4-2-1-3-5-15/h1-12,18,20-22,24-25,27-29H,13H2,(H,30,31). The van der Waals surface area contributed by atoms with E-state index >= 15 is 0 Å². The van der Waals surface area contributed by atoms with Crippen LogP contribution in [0.2, 0.25) is 0 Å². The van der Waals surface area contributed by atoms with Crippen LogP contribution < -0.4 is 0 Å². The molecule has 0 aromatic heterocycles. The molecule has 5 N–H and O–H groups in total. The van der Waals surface area contributed by atoms with Crippen molar-refractivity contribution in [2.45, 2.75) is 30.7 Å². The van der Waals surface area contributed by atoms with Crippen LogP contribution in [0.15, 0.2) is 66.4 Å². The highest BCUT2D eigenvalue weighted by molar-refractivity contribution is 5.90. The van der Waals surface area contributed by atoms with Crippen molar-refractivity contribution in [3.05, 3.63) is 77.6 Å². The first kappa shape index (κ1) is 24.9. The van der Waals surface area contributed by atoms with E-state index < -0.39 is 55.0 Å². The number of hydrogen-bond donors (Lipinski definition) is 5. The Bertz CT molecular complexity index is 1030. The second-order valence-corrected chi connectivity index (χ2v) is 7.41. The summed E-state index contributed by atoms with van der Waals surface area (Å²) in [5, 5.41) is 49.3. The number of phenolic OH excluding ortho intramolecular Hbond substituents is 1. The third-order valence-corrected chi connectivity index (χ3v) is 4.91. The number of aliphatic hydroxyl groups is 3. The average molecular weight is 472 g/mol. The molecule has 180 valence electrons. The number of aliphatic hydroxyl groups excluding tert-OH is 3. The third-order valence-electron chi connectivity index (χ3n) is 4.91. The minimum Gasteiger partial charge on any atom is -0.508 e. The van der Waals surface area contributed by atoms with E-state index in [1.54, 1.807) is 42.5 Å². The van der Waals surface area contributed by atoms with Crippen LogP contribution in [-0.2, 0) is 23.8 Å². The van der Waals surface area contributed by atoms with E-state index in [0.29, 0.717) is 11.1 Å². The van der Waals surface area contributed by atoms with Crippen molar-refractivity contribution in [1.29, 1.82) is 0 Å². The highest BCUT2D eigenvalue weighted by Crippen LogP contribution is 2.25. The van der Waals surface area contributed by atoms with Gasteiger partial charge in [-0.2, -0.15) is 0 Å². The van der Waals surface area contributed by atoms with Gasteiger partial charge in [-0.05, 0) is 35.4 Å². The number of carbonyl (C=O) groups is 2. The van der Waals surface area contributed by atoms with Crippen LogP contribution in [0.4, 0.5) is 0 Å². The van der Waals surface area contributed by atoms with Crippen molar-refractivity contribution in [2.24, 2.45) is 0 Å². The fraction of sp³-hybridized carbons (Fsp3) is 0.250.